The van der Waals surface area contributed by atoms with Crippen molar-refractivity contribution in [3.05, 3.63) is 142 Å². The highest BCUT2D eigenvalue weighted by molar-refractivity contribution is 7.86. The summed E-state index contributed by atoms with van der Waals surface area (Å²) in [6, 6.07) is 19.5. The average Bonchev–Trinajstić information content (AvgIpc) is 1.58. The highest BCUT2D eigenvalue weighted by atomic mass is 32.2. The fourth-order valence-electron chi connectivity index (χ4n) is 15.0. The van der Waals surface area contributed by atoms with Crippen LogP contribution in [0.1, 0.15) is 126 Å². The Morgan fingerprint density at radius 1 is 0.815 bits per heavy atom. The van der Waals surface area contributed by atoms with E-state index in [1.54, 1.807) is 23.0 Å². The summed E-state index contributed by atoms with van der Waals surface area (Å²) in [5.74, 6) is 0.0523. The van der Waals surface area contributed by atoms with Crippen molar-refractivity contribution in [1.29, 1.82) is 0 Å². The predicted octanol–water partition coefficient (Wildman–Crippen LogP) is 5.23. The molecule has 108 heavy (non-hydrogen) atoms. The van der Waals surface area contributed by atoms with Crippen LogP contribution in [0, 0.1) is 6.92 Å². The topological polar surface area (TPSA) is 426 Å². The van der Waals surface area contributed by atoms with Crippen LogP contribution in [0.5, 0.6) is 5.75 Å². The van der Waals surface area contributed by atoms with Crippen molar-refractivity contribution >= 4 is 82.8 Å². The van der Waals surface area contributed by atoms with Crippen molar-refractivity contribution in [2.24, 2.45) is 0 Å². The first-order valence-corrected chi connectivity index (χ1v) is 38.8. The van der Waals surface area contributed by atoms with Crippen LogP contribution in [0.4, 0.5) is 17.2 Å². The van der Waals surface area contributed by atoms with Crippen LogP contribution < -0.4 is 31.3 Å². The number of anilines is 2. The lowest BCUT2D eigenvalue weighted by Crippen LogP contribution is -2.68. The van der Waals surface area contributed by atoms with E-state index in [-0.39, 0.29) is 35.3 Å². The van der Waals surface area contributed by atoms with Gasteiger partial charge in [0.25, 0.3) is 26.1 Å². The Morgan fingerprint density at radius 2 is 1.55 bits per heavy atom. The molecule has 31 nitrogen and oxygen atoms in total. The molecule has 4 aliphatic rings. The van der Waals surface area contributed by atoms with E-state index in [4.69, 9.17) is 39.1 Å². The Balaban J connectivity index is 0.738. The number of hydrogen-bond acceptors (Lipinski definition) is 23. The number of aromatic nitrogens is 6. The summed E-state index contributed by atoms with van der Waals surface area (Å²) in [6.45, 7) is 13.8. The molecule has 0 aliphatic carbocycles. The van der Waals surface area contributed by atoms with Gasteiger partial charge in [-0.3, -0.25) is 28.2 Å². The second-order valence-corrected chi connectivity index (χ2v) is 31.6. The quantitative estimate of drug-likeness (QED) is 0.0151. The van der Waals surface area contributed by atoms with Crippen molar-refractivity contribution < 1.29 is 93.7 Å². The molecule has 10 atom stereocenters. The van der Waals surface area contributed by atoms with Gasteiger partial charge in [0, 0.05) is 112 Å². The molecule has 0 radical (unpaired) electrons. The predicted molar refractivity (Wildman–Crippen MR) is 397 cm³/mol. The van der Waals surface area contributed by atoms with Gasteiger partial charge in [-0.25, -0.2) is 9.97 Å². The maximum Gasteiger partial charge on any atom is 0.294 e. The normalized spacial score (nSPS) is 23.0. The van der Waals surface area contributed by atoms with Crippen LogP contribution in [0.3, 0.4) is 0 Å². The molecule has 11 rings (SSSR count). The number of amides is 3. The third kappa shape index (κ3) is 17.0. The van der Waals surface area contributed by atoms with Crippen molar-refractivity contribution in [2.45, 2.75) is 208 Å². The van der Waals surface area contributed by atoms with Crippen LogP contribution in [-0.2, 0) is 102 Å². The smallest absolute Gasteiger partial charge is 0.294 e. The van der Waals surface area contributed by atoms with Crippen LogP contribution in [-0.4, -0.2) is 206 Å². The summed E-state index contributed by atoms with van der Waals surface area (Å²) in [4.78, 5) is 51.7. The number of unbranched alkanes of at least 4 members (excludes halogenated alkanes) is 3. The Bertz CT molecular complexity index is 4850. The molecule has 2 fully saturated rings. The first-order chi connectivity index (χ1) is 51.3. The molecule has 3 aromatic heterocycles. The minimum absolute atomic E-state index is 0.0494. The molecule has 0 spiro atoms. The minimum Gasteiger partial charge on any atom is -0.487 e. The number of fused-ring (bicyclic) bond motifs is 5. The van der Waals surface area contributed by atoms with Gasteiger partial charge in [0.05, 0.1) is 39.0 Å². The van der Waals surface area contributed by atoms with Gasteiger partial charge in [-0.05, 0) is 112 Å². The average molecular weight is 1530 g/mol. The molecule has 2 saturated heterocycles. The largest absolute Gasteiger partial charge is 0.487 e. The molecule has 582 valence electrons. The molecule has 11 N–H and O–H groups in total. The number of nitrogen functional groups attached to an aromatic ring is 1. The molecule has 7 aromatic rings. The number of nitrogens with two attached hydrogens (primary N) is 1. The standard InChI is InChI=1S/C75H96N12O19S2/c1-11-12-24-58-81-60-62(49-20-15-16-21-52(49)80-70(60)76)87(58)38-44-33-42(2)66(45(34-44)37-78-71(94)69-68(101-9)64(92)65(93)73(106-69)105-67-61(79-43(3)89)72(102-10)104-55(40-88)63(67)91)103-41-46-39-85(83-82-46)31-19-30-77-59(90)25-14-13-17-32-86-54-29-27-48(108(98,99)100)36-51(54)75(6,7)57(86)23-18-22-56-74(4,5)50-35-47(107(95,96)97)26-28-53(50)84(56)8/h15-16,18,20-23,26-29,33-36,39,55,61,63-65,67-69,72-73,88,91-93H,11-14,17,19,24-25,30-32,37-38,40-41H2,1-10H3,(H6-,76,77,78,79,80,89,90,94,95,96,97,98,99,100)/p+1. The van der Waals surface area contributed by atoms with Gasteiger partial charge >= 0.3 is 0 Å². The van der Waals surface area contributed by atoms with Crippen molar-refractivity contribution in [3.8, 4) is 5.75 Å². The van der Waals surface area contributed by atoms with E-state index in [1.165, 1.54) is 45.4 Å². The number of imidazole rings is 1. The number of aliphatic hydroxyl groups is 4. The van der Waals surface area contributed by atoms with Crippen LogP contribution >= 0.6 is 0 Å². The zero-order valence-electron chi connectivity index (χ0n) is 62.1. The molecule has 4 aromatic carbocycles. The highest BCUT2D eigenvalue weighted by Gasteiger charge is 2.54. The van der Waals surface area contributed by atoms with Gasteiger partial charge in [0.15, 0.2) is 30.2 Å². The van der Waals surface area contributed by atoms with Crippen molar-refractivity contribution in [3.63, 3.8) is 0 Å². The number of methoxy groups -OCH3 is 2. The second kappa shape index (κ2) is 33.3. The molecule has 0 bridgehead atoms. The van der Waals surface area contributed by atoms with E-state index < -0.39 is 111 Å². The summed E-state index contributed by atoms with van der Waals surface area (Å²) in [5, 5.41) is 62.5. The van der Waals surface area contributed by atoms with E-state index in [0.29, 0.717) is 103 Å². The van der Waals surface area contributed by atoms with Crippen LogP contribution in [0.25, 0.3) is 21.9 Å². The number of aliphatic hydroxyl groups excluding tert-OH is 4. The number of nitrogens with one attached hydrogen (secondary N) is 3. The fourth-order valence-corrected chi connectivity index (χ4v) is 16.0. The van der Waals surface area contributed by atoms with E-state index in [9.17, 15) is 60.8 Å². The zero-order valence-corrected chi connectivity index (χ0v) is 63.7. The molecule has 33 heteroatoms. The minimum atomic E-state index is -4.51. The van der Waals surface area contributed by atoms with Crippen molar-refractivity contribution in [1.82, 2.24) is 45.5 Å². The van der Waals surface area contributed by atoms with E-state index >= 15 is 0 Å². The highest BCUT2D eigenvalue weighted by Crippen LogP contribution is 2.49. The molecule has 3 amide bonds. The van der Waals surface area contributed by atoms with Gasteiger partial charge in [-0.2, -0.15) is 21.4 Å². The summed E-state index contributed by atoms with van der Waals surface area (Å²) in [7, 11) is -4.54. The Morgan fingerprint density at radius 3 is 2.25 bits per heavy atom. The molecular formula is C75H97N12O19S2+. The summed E-state index contributed by atoms with van der Waals surface area (Å²) in [5.41, 5.74) is 14.6. The van der Waals surface area contributed by atoms with Gasteiger partial charge in [0.1, 0.15) is 79.1 Å². The fraction of sp³-hybridized carbons (Fsp3) is 0.493. The number of carbonyl (C=O) groups is 3. The number of rotatable bonds is 31. The van der Waals surface area contributed by atoms with Gasteiger partial charge < -0.3 is 80.0 Å². The summed E-state index contributed by atoms with van der Waals surface area (Å²) < 4.78 is 110. The lowest BCUT2D eigenvalue weighted by molar-refractivity contribution is -0.401. The second-order valence-electron chi connectivity index (χ2n) is 28.8. The summed E-state index contributed by atoms with van der Waals surface area (Å²) in [6.07, 6.45) is -1.36. The number of nitrogens with zero attached hydrogens (tertiary/aromatic N) is 8. The summed E-state index contributed by atoms with van der Waals surface area (Å²) >= 11 is 0. The lowest BCUT2D eigenvalue weighted by Gasteiger charge is -2.47. The Hall–Kier alpha value is -8.68. The van der Waals surface area contributed by atoms with Gasteiger partial charge in [0.2, 0.25) is 17.5 Å². The Kier molecular flexibility index (Phi) is 24.7. The van der Waals surface area contributed by atoms with E-state index in [0.717, 1.165) is 63.5 Å². The molecule has 10 unspecified atom stereocenters. The van der Waals surface area contributed by atoms with Gasteiger partial charge in [-0.15, -0.1) is 5.10 Å². The Labute approximate surface area is 626 Å². The molecular weight excluding hydrogens is 1440 g/mol. The number of carbonyl (C=O) groups excluding carboxylic acids is 3. The maximum absolute atomic E-state index is 14.6. The molecule has 0 saturated carbocycles. The number of pyridine rings is 1. The van der Waals surface area contributed by atoms with Crippen LogP contribution in [0.15, 0.2) is 113 Å². The number of ether oxygens (including phenoxy) is 6. The first-order valence-electron chi connectivity index (χ1n) is 36.0. The third-order valence-electron chi connectivity index (χ3n) is 20.6. The lowest BCUT2D eigenvalue weighted by atomic mass is 9.81. The van der Waals surface area contributed by atoms with Crippen LogP contribution in [0.2, 0.25) is 0 Å². The van der Waals surface area contributed by atoms with Crippen molar-refractivity contribution in [2.75, 3.05) is 51.6 Å². The first kappa shape index (κ1) is 80.3. The zero-order chi connectivity index (χ0) is 77.9. The monoisotopic (exact) mass is 1530 g/mol. The van der Waals surface area contributed by atoms with Gasteiger partial charge in [-0.1, -0.05) is 69.2 Å². The molecule has 4 aliphatic heterocycles. The van der Waals surface area contributed by atoms with E-state index in [2.05, 4.69) is 47.6 Å². The molecule has 7 heterocycles. The van der Waals surface area contributed by atoms with E-state index in [1.807, 2.05) is 101 Å². The number of aryl methyl sites for hydroxylation is 3. The number of hydrogen-bond donors (Lipinski definition) is 10. The third-order valence-corrected chi connectivity index (χ3v) is 22.3. The number of benzene rings is 4. The maximum atomic E-state index is 14.6. The number of para-hydroxylation sites is 1. The SMILES string of the molecule is CCCCc1nc2c(N)nc3ccccc3c2n1Cc1cc(C)c(OCc2cn(CCCNC(=O)CCCCCN3C(=CC=CC4=[N+](C)c5ccc(S(=O)(=O)O)cc5C4(C)C)C(C)(C)c4cc(S(=O)(=O)O)ccc43)nn2)c(CNC(=O)C2OC(OC3C(O)C(CO)OC(OC)C3NC(C)=O)C(O)C(O)C2OC)c1. The number of allylic oxidation sites excluding steroid dienone is 4.